The van der Waals surface area contributed by atoms with Crippen molar-refractivity contribution in [3.05, 3.63) is 180 Å². The van der Waals surface area contributed by atoms with Gasteiger partial charge in [0.1, 0.15) is 11.5 Å². The maximum absolute atomic E-state index is 6.58. The molecule has 6 aromatic carbocycles. The van der Waals surface area contributed by atoms with E-state index in [-0.39, 0.29) is 21.1 Å². The summed E-state index contributed by atoms with van der Waals surface area (Å²) in [5, 5.41) is 7.61. The van der Waals surface area contributed by atoms with Crippen molar-refractivity contribution in [1.82, 2.24) is 19.3 Å². The Morgan fingerprint density at radius 1 is 0.574 bits per heavy atom. The predicted octanol–water partition coefficient (Wildman–Crippen LogP) is 12.0. The molecule has 3 aromatic heterocycles. The van der Waals surface area contributed by atoms with Crippen LogP contribution in [-0.2, 0) is 21.1 Å². The normalized spacial score (nSPS) is 11.2. The molecule has 0 unspecified atom stereocenters. The minimum Gasteiger partial charge on any atom is -0.509 e. The maximum atomic E-state index is 6.58. The van der Waals surface area contributed by atoms with Gasteiger partial charge >= 0.3 is 21.1 Å². The first-order valence-corrected chi connectivity index (χ1v) is 17.8. The van der Waals surface area contributed by atoms with Gasteiger partial charge in [-0.2, -0.15) is 17.2 Å². The first-order chi connectivity index (χ1) is 25.9. The molecule has 5 nitrogen and oxygen atoms in total. The molecule has 0 fully saturated rings. The molecule has 0 bridgehead atoms. The quantitative estimate of drug-likeness (QED) is 0.150. The third kappa shape index (κ3) is 6.25. The van der Waals surface area contributed by atoms with Gasteiger partial charge in [0.05, 0.1) is 5.69 Å². The van der Waals surface area contributed by atoms with E-state index in [9.17, 15) is 0 Å². The number of para-hydroxylation sites is 1. The summed E-state index contributed by atoms with van der Waals surface area (Å²) in [5.74, 6) is 1.99. The summed E-state index contributed by atoms with van der Waals surface area (Å²) in [6, 6.07) is 55.1. The standard InChI is InChI=1S/C48H36N4O.Pt/c1-31-24-25-49-44(28-31)51-42-21-12-11-20-40(42)41-23-22-39(30-43(41)51)53-38-19-13-18-37(29-38)52-48(36-16-9-6-10-17-36)46(45-33(3)26-32(2)27-34(45)4)47(50-52)35-14-7-5-8-15-35;/h5-28H,1-4H3;/q-2;+2. The van der Waals surface area contributed by atoms with Crippen LogP contribution in [0.3, 0.4) is 0 Å². The molecule has 9 aromatic rings. The molecule has 54 heavy (non-hydrogen) atoms. The van der Waals surface area contributed by atoms with Gasteiger partial charge in [0.2, 0.25) is 0 Å². The first kappa shape index (κ1) is 35.0. The van der Waals surface area contributed by atoms with E-state index < -0.39 is 0 Å². The van der Waals surface area contributed by atoms with Crippen LogP contribution in [0.1, 0.15) is 22.3 Å². The van der Waals surface area contributed by atoms with E-state index in [1.165, 1.54) is 22.3 Å². The van der Waals surface area contributed by atoms with Gasteiger partial charge in [-0.3, -0.25) is 4.68 Å². The fourth-order valence-corrected chi connectivity index (χ4v) is 7.62. The molecule has 0 aliphatic rings. The number of fused-ring (bicyclic) bond motifs is 3. The third-order valence-electron chi connectivity index (χ3n) is 9.79. The summed E-state index contributed by atoms with van der Waals surface area (Å²) in [4.78, 5) is 4.73. The van der Waals surface area contributed by atoms with E-state index in [0.717, 1.165) is 67.0 Å². The molecule has 0 saturated heterocycles. The van der Waals surface area contributed by atoms with Gasteiger partial charge in [-0.15, -0.1) is 35.7 Å². The Balaban J connectivity index is 0.00000413. The summed E-state index contributed by atoms with van der Waals surface area (Å²) in [6.45, 7) is 8.62. The SMILES string of the molecule is Cc1ccnc(-n2c3[c-]c(Oc4[c-]c(-n5nc(-c6ccccc6)c(-c6c(C)cc(C)cc6C)c5-c5ccccc5)ccc4)ccc3c3ccccc32)c1.[Pt+2]. The minimum atomic E-state index is 0. The van der Waals surface area contributed by atoms with Crippen LogP contribution >= 0.6 is 0 Å². The Morgan fingerprint density at radius 3 is 2.00 bits per heavy atom. The number of aryl methyl sites for hydroxylation is 4. The largest absolute Gasteiger partial charge is 2.00 e. The Hall–Kier alpha value is -6.03. The van der Waals surface area contributed by atoms with Gasteiger partial charge in [-0.05, 0) is 79.2 Å². The van der Waals surface area contributed by atoms with Crippen LogP contribution in [-0.4, -0.2) is 19.3 Å². The average molecular weight is 880 g/mol. The second-order valence-electron chi connectivity index (χ2n) is 13.6. The number of rotatable bonds is 7. The molecule has 6 heteroatoms. The monoisotopic (exact) mass is 879 g/mol. The molecule has 0 atom stereocenters. The Morgan fingerprint density at radius 2 is 1.26 bits per heavy atom. The van der Waals surface area contributed by atoms with Crippen LogP contribution in [0.5, 0.6) is 11.5 Å². The first-order valence-electron chi connectivity index (χ1n) is 17.8. The van der Waals surface area contributed by atoms with Crippen molar-refractivity contribution in [3.8, 4) is 56.6 Å². The summed E-state index contributed by atoms with van der Waals surface area (Å²) < 4.78 is 10.8. The zero-order valence-electron chi connectivity index (χ0n) is 30.4. The van der Waals surface area contributed by atoms with Gasteiger partial charge in [0.25, 0.3) is 0 Å². The van der Waals surface area contributed by atoms with Gasteiger partial charge in [0.15, 0.2) is 0 Å². The molecule has 0 aliphatic heterocycles. The molecule has 0 spiro atoms. The van der Waals surface area contributed by atoms with Crippen molar-refractivity contribution in [3.63, 3.8) is 0 Å². The summed E-state index contributed by atoms with van der Waals surface area (Å²) >= 11 is 0. The maximum Gasteiger partial charge on any atom is 2.00 e. The number of nitrogens with zero attached hydrogens (tertiary/aromatic N) is 4. The van der Waals surface area contributed by atoms with Gasteiger partial charge in [-0.25, -0.2) is 4.98 Å². The van der Waals surface area contributed by atoms with Crippen molar-refractivity contribution in [2.24, 2.45) is 0 Å². The molecular weight excluding hydrogens is 844 g/mol. The molecule has 3 heterocycles. The average Bonchev–Trinajstić information content (AvgIpc) is 3.72. The number of pyridine rings is 1. The third-order valence-corrected chi connectivity index (χ3v) is 9.79. The molecule has 9 rings (SSSR count). The number of ether oxygens (including phenoxy) is 1. The molecule has 264 valence electrons. The van der Waals surface area contributed by atoms with E-state index in [0.29, 0.717) is 11.5 Å². The van der Waals surface area contributed by atoms with Gasteiger partial charge < -0.3 is 9.30 Å². The molecular formula is C48H36N4OPt. The Kier molecular flexibility index (Phi) is 9.35. The van der Waals surface area contributed by atoms with E-state index in [1.807, 2.05) is 53.3 Å². The molecule has 0 amide bonds. The second-order valence-corrected chi connectivity index (χ2v) is 13.6. The van der Waals surface area contributed by atoms with Crippen LogP contribution in [0.15, 0.2) is 146 Å². The fourth-order valence-electron chi connectivity index (χ4n) is 7.62. The number of hydrogen-bond acceptors (Lipinski definition) is 3. The Labute approximate surface area is 329 Å². The van der Waals surface area contributed by atoms with E-state index in [1.54, 1.807) is 0 Å². The molecule has 0 N–H and O–H groups in total. The summed E-state index contributed by atoms with van der Waals surface area (Å²) in [7, 11) is 0. The number of benzene rings is 6. The number of aromatic nitrogens is 4. The summed E-state index contributed by atoms with van der Waals surface area (Å²) in [5.41, 5.74) is 13.8. The minimum absolute atomic E-state index is 0. The van der Waals surface area contributed by atoms with Crippen molar-refractivity contribution in [2.45, 2.75) is 27.7 Å². The topological polar surface area (TPSA) is 44.9 Å². The smallest absolute Gasteiger partial charge is 0.509 e. The van der Waals surface area contributed by atoms with Crippen LogP contribution in [0.4, 0.5) is 0 Å². The van der Waals surface area contributed by atoms with Crippen LogP contribution in [0, 0.1) is 39.8 Å². The van der Waals surface area contributed by atoms with E-state index >= 15 is 0 Å². The number of hydrogen-bond donors (Lipinski definition) is 0. The van der Waals surface area contributed by atoms with Crippen molar-refractivity contribution in [2.75, 3.05) is 0 Å². The second kappa shape index (κ2) is 14.4. The van der Waals surface area contributed by atoms with E-state index in [2.05, 4.69) is 141 Å². The van der Waals surface area contributed by atoms with Crippen molar-refractivity contribution in [1.29, 1.82) is 0 Å². The Bertz CT molecular complexity index is 2780. The van der Waals surface area contributed by atoms with Crippen LogP contribution < -0.4 is 4.74 Å². The summed E-state index contributed by atoms with van der Waals surface area (Å²) in [6.07, 6.45) is 1.85. The van der Waals surface area contributed by atoms with Crippen molar-refractivity contribution >= 4 is 21.8 Å². The van der Waals surface area contributed by atoms with Gasteiger partial charge in [0, 0.05) is 39.9 Å². The molecule has 0 saturated carbocycles. The van der Waals surface area contributed by atoms with Crippen LogP contribution in [0.25, 0.3) is 67.0 Å². The van der Waals surface area contributed by atoms with Crippen LogP contribution in [0.2, 0.25) is 0 Å². The van der Waals surface area contributed by atoms with Crippen molar-refractivity contribution < 1.29 is 25.8 Å². The fraction of sp³-hybridized carbons (Fsp3) is 0.0833. The molecule has 0 radical (unpaired) electrons. The zero-order valence-corrected chi connectivity index (χ0v) is 32.6. The van der Waals surface area contributed by atoms with Gasteiger partial charge in [-0.1, -0.05) is 102 Å². The van der Waals surface area contributed by atoms with E-state index in [4.69, 9.17) is 14.8 Å². The molecule has 0 aliphatic carbocycles. The zero-order chi connectivity index (χ0) is 36.1. The predicted molar refractivity (Wildman–Crippen MR) is 215 cm³/mol.